The van der Waals surface area contributed by atoms with Gasteiger partial charge in [0, 0.05) is 17.8 Å². The van der Waals surface area contributed by atoms with E-state index in [4.69, 9.17) is 0 Å². The fraction of sp³-hybridized carbons (Fsp3) is 0.0870. The smallest absolute Gasteiger partial charge is 0.268 e. The Morgan fingerprint density at radius 1 is 0.900 bits per heavy atom. The van der Waals surface area contributed by atoms with E-state index in [1.54, 1.807) is 66.6 Å². The predicted molar refractivity (Wildman–Crippen MR) is 116 cm³/mol. The summed E-state index contributed by atoms with van der Waals surface area (Å²) in [6.45, 7) is 0. The van der Waals surface area contributed by atoms with Crippen LogP contribution in [0.1, 0.15) is 17.4 Å². The van der Waals surface area contributed by atoms with Crippen LogP contribution in [0.3, 0.4) is 0 Å². The van der Waals surface area contributed by atoms with Crippen LogP contribution in [0.4, 0.5) is 0 Å². The Labute approximate surface area is 173 Å². The third-order valence-electron chi connectivity index (χ3n) is 5.38. The van der Waals surface area contributed by atoms with E-state index < -0.39 is 16.1 Å². The summed E-state index contributed by atoms with van der Waals surface area (Å²) in [6.07, 6.45) is 2.30. The fourth-order valence-electron chi connectivity index (χ4n) is 3.88. The molecule has 0 amide bonds. The average molecular weight is 417 g/mol. The van der Waals surface area contributed by atoms with Crippen LogP contribution in [0.25, 0.3) is 21.8 Å². The molecular formula is C23H19N3O3S. The van der Waals surface area contributed by atoms with E-state index in [9.17, 15) is 13.5 Å². The Kier molecular flexibility index (Phi) is 4.23. The highest BCUT2D eigenvalue weighted by Gasteiger charge is 2.24. The van der Waals surface area contributed by atoms with Crippen molar-refractivity contribution in [1.29, 1.82) is 0 Å². The van der Waals surface area contributed by atoms with Crippen molar-refractivity contribution >= 4 is 31.8 Å². The molecule has 6 nitrogen and oxygen atoms in total. The van der Waals surface area contributed by atoms with E-state index in [1.165, 1.54) is 3.97 Å². The van der Waals surface area contributed by atoms with Crippen molar-refractivity contribution in [2.75, 3.05) is 0 Å². The molecule has 0 saturated carbocycles. The number of rotatable bonds is 4. The molecule has 0 saturated heterocycles. The molecule has 0 aliphatic carbocycles. The van der Waals surface area contributed by atoms with Crippen LogP contribution >= 0.6 is 0 Å². The number of aliphatic hydroxyl groups excluding tert-OH is 1. The lowest BCUT2D eigenvalue weighted by Crippen LogP contribution is -2.13. The van der Waals surface area contributed by atoms with Gasteiger partial charge in [0.05, 0.1) is 34.1 Å². The Morgan fingerprint density at radius 3 is 2.33 bits per heavy atom. The summed E-state index contributed by atoms with van der Waals surface area (Å²) >= 11 is 0. The van der Waals surface area contributed by atoms with Gasteiger partial charge in [-0.1, -0.05) is 48.5 Å². The van der Waals surface area contributed by atoms with Gasteiger partial charge in [0.15, 0.2) is 0 Å². The van der Waals surface area contributed by atoms with Gasteiger partial charge < -0.3 is 9.67 Å². The quantitative estimate of drug-likeness (QED) is 0.482. The van der Waals surface area contributed by atoms with Crippen LogP contribution in [-0.2, 0) is 17.1 Å². The third kappa shape index (κ3) is 2.74. The van der Waals surface area contributed by atoms with E-state index in [0.29, 0.717) is 22.3 Å². The van der Waals surface area contributed by atoms with Crippen LogP contribution in [0.15, 0.2) is 90.2 Å². The molecule has 0 aliphatic rings. The van der Waals surface area contributed by atoms with E-state index in [-0.39, 0.29) is 4.90 Å². The van der Waals surface area contributed by atoms with Crippen LogP contribution in [0, 0.1) is 0 Å². The SMILES string of the molecule is Cn1cncc1C(O)c1ccc2c3ccccc3n(S(=O)(=O)c3ccccc3)c2c1. The summed E-state index contributed by atoms with van der Waals surface area (Å²) in [4.78, 5) is 4.28. The maximum atomic E-state index is 13.6. The fourth-order valence-corrected chi connectivity index (χ4v) is 5.42. The lowest BCUT2D eigenvalue weighted by atomic mass is 10.0. The lowest BCUT2D eigenvalue weighted by Gasteiger charge is -2.13. The van der Waals surface area contributed by atoms with Crippen LogP contribution in [-0.4, -0.2) is 27.0 Å². The van der Waals surface area contributed by atoms with E-state index in [1.807, 2.05) is 30.3 Å². The first-order valence-corrected chi connectivity index (χ1v) is 10.9. The summed E-state index contributed by atoms with van der Waals surface area (Å²) < 4.78 is 30.3. The van der Waals surface area contributed by atoms with E-state index in [0.717, 1.165) is 10.8 Å². The molecule has 0 aliphatic heterocycles. The van der Waals surface area contributed by atoms with Gasteiger partial charge in [-0.3, -0.25) is 0 Å². The monoisotopic (exact) mass is 417 g/mol. The van der Waals surface area contributed by atoms with Gasteiger partial charge in [0.25, 0.3) is 10.0 Å². The van der Waals surface area contributed by atoms with E-state index >= 15 is 0 Å². The highest BCUT2D eigenvalue weighted by atomic mass is 32.2. The zero-order chi connectivity index (χ0) is 20.9. The van der Waals surface area contributed by atoms with E-state index in [2.05, 4.69) is 4.98 Å². The van der Waals surface area contributed by atoms with Crippen molar-refractivity contribution < 1.29 is 13.5 Å². The van der Waals surface area contributed by atoms with Crippen molar-refractivity contribution in [3.05, 3.63) is 96.6 Å². The van der Waals surface area contributed by atoms with Gasteiger partial charge in [-0.05, 0) is 29.8 Å². The molecule has 0 bridgehead atoms. The van der Waals surface area contributed by atoms with Gasteiger partial charge >= 0.3 is 0 Å². The number of benzene rings is 3. The molecule has 5 aromatic rings. The topological polar surface area (TPSA) is 77.1 Å². The second-order valence-corrected chi connectivity index (χ2v) is 8.99. The van der Waals surface area contributed by atoms with Gasteiger partial charge in [-0.15, -0.1) is 0 Å². The van der Waals surface area contributed by atoms with Crippen LogP contribution in [0.5, 0.6) is 0 Å². The molecule has 0 spiro atoms. The largest absolute Gasteiger partial charge is 0.382 e. The highest BCUT2D eigenvalue weighted by molar-refractivity contribution is 7.90. The molecule has 30 heavy (non-hydrogen) atoms. The summed E-state index contributed by atoms with van der Waals surface area (Å²) in [6, 6.07) is 21.2. The Balaban J connectivity index is 1.81. The molecule has 1 atom stereocenters. The normalized spacial score (nSPS) is 13.1. The summed E-state index contributed by atoms with van der Waals surface area (Å²) in [5.41, 5.74) is 2.35. The summed E-state index contributed by atoms with van der Waals surface area (Å²) in [5.74, 6) is 0. The number of aryl methyl sites for hydroxylation is 1. The molecule has 2 aromatic heterocycles. The van der Waals surface area contributed by atoms with Crippen LogP contribution < -0.4 is 0 Å². The number of hydrogen-bond acceptors (Lipinski definition) is 4. The number of hydrogen-bond donors (Lipinski definition) is 1. The molecule has 1 unspecified atom stereocenters. The van der Waals surface area contributed by atoms with Crippen molar-refractivity contribution in [2.45, 2.75) is 11.0 Å². The molecular weight excluding hydrogens is 398 g/mol. The summed E-state index contributed by atoms with van der Waals surface area (Å²) in [7, 11) is -2.03. The number of aromatic nitrogens is 3. The zero-order valence-electron chi connectivity index (χ0n) is 16.2. The standard InChI is InChI=1S/C23H19N3O3S/c1-25-15-24-14-22(25)23(27)16-11-12-19-18-9-5-6-10-20(18)26(21(19)13-16)30(28,29)17-7-3-2-4-8-17/h2-15,23,27H,1H3. The minimum absolute atomic E-state index is 0.213. The maximum Gasteiger partial charge on any atom is 0.268 e. The number of aliphatic hydroxyl groups is 1. The molecule has 7 heteroatoms. The first kappa shape index (κ1) is 18.6. The molecule has 5 rings (SSSR count). The van der Waals surface area contributed by atoms with Crippen LogP contribution in [0.2, 0.25) is 0 Å². The van der Waals surface area contributed by atoms with Gasteiger partial charge in [0.2, 0.25) is 0 Å². The molecule has 150 valence electrons. The second kappa shape index (κ2) is 6.83. The average Bonchev–Trinajstić information content (AvgIpc) is 3.34. The van der Waals surface area contributed by atoms with Crippen molar-refractivity contribution in [1.82, 2.24) is 13.5 Å². The lowest BCUT2D eigenvalue weighted by molar-refractivity contribution is 0.211. The Bertz CT molecular complexity index is 1480. The highest BCUT2D eigenvalue weighted by Crippen LogP contribution is 2.34. The van der Waals surface area contributed by atoms with Crippen molar-refractivity contribution in [3.8, 4) is 0 Å². The third-order valence-corrected chi connectivity index (χ3v) is 7.13. The van der Waals surface area contributed by atoms with Crippen molar-refractivity contribution in [3.63, 3.8) is 0 Å². The number of nitrogens with zero attached hydrogens (tertiary/aromatic N) is 3. The van der Waals surface area contributed by atoms with Gasteiger partial charge in [0.1, 0.15) is 6.10 Å². The Morgan fingerprint density at radius 2 is 1.60 bits per heavy atom. The molecule has 2 heterocycles. The molecule has 0 radical (unpaired) electrons. The first-order chi connectivity index (χ1) is 14.5. The second-order valence-electron chi connectivity index (χ2n) is 7.21. The zero-order valence-corrected chi connectivity index (χ0v) is 17.0. The molecule has 1 N–H and O–H groups in total. The number of para-hydroxylation sites is 1. The molecule has 0 fully saturated rings. The number of imidazole rings is 1. The predicted octanol–water partition coefficient (Wildman–Crippen LogP) is 3.85. The van der Waals surface area contributed by atoms with Gasteiger partial charge in [-0.2, -0.15) is 0 Å². The van der Waals surface area contributed by atoms with Crippen molar-refractivity contribution in [2.24, 2.45) is 7.05 Å². The minimum atomic E-state index is -3.84. The number of fused-ring (bicyclic) bond motifs is 3. The van der Waals surface area contributed by atoms with Gasteiger partial charge in [-0.25, -0.2) is 17.4 Å². The summed E-state index contributed by atoms with van der Waals surface area (Å²) in [5, 5.41) is 12.5. The maximum absolute atomic E-state index is 13.6. The minimum Gasteiger partial charge on any atom is -0.382 e. The first-order valence-electron chi connectivity index (χ1n) is 9.46. The Hall–Kier alpha value is -3.42. The molecule has 3 aromatic carbocycles.